The highest BCUT2D eigenvalue weighted by Gasteiger charge is 2.46. The molecule has 1 heterocycles. The van der Waals surface area contributed by atoms with Crippen molar-refractivity contribution in [2.24, 2.45) is 11.3 Å². The number of carbonyl (C=O) groups excluding carboxylic acids is 2. The number of nitrogens with one attached hydrogen (secondary N) is 3. The molecule has 1 saturated carbocycles. The molecule has 280 valence electrons. The summed E-state index contributed by atoms with van der Waals surface area (Å²) >= 11 is 1.20. The average molecular weight is 749 g/mol. The number of nitrogen functional groups attached to an aromatic ring is 1. The fraction of sp³-hybridized carbons (Fsp3) is 0.462. The molecular weight excluding hydrogens is 697 g/mol. The van der Waals surface area contributed by atoms with Gasteiger partial charge >= 0.3 is 0 Å². The van der Waals surface area contributed by atoms with E-state index in [1.807, 2.05) is 83.1 Å². The number of sulfonamides is 1. The molecule has 1 fully saturated rings. The number of aliphatic hydroxyl groups is 1. The molecule has 1 aliphatic carbocycles. The van der Waals surface area contributed by atoms with Crippen molar-refractivity contribution in [1.82, 2.24) is 25.2 Å². The summed E-state index contributed by atoms with van der Waals surface area (Å²) < 4.78 is 30.1. The lowest BCUT2D eigenvalue weighted by molar-refractivity contribution is -0.133. The summed E-state index contributed by atoms with van der Waals surface area (Å²) in [5.41, 5.74) is 7.49. The van der Waals surface area contributed by atoms with Crippen LogP contribution >= 0.6 is 11.3 Å². The monoisotopic (exact) mass is 748 g/mol. The number of nitrogens with zero attached hydrogens (tertiary/aromatic N) is 2. The molecule has 0 saturated heterocycles. The van der Waals surface area contributed by atoms with E-state index in [1.54, 1.807) is 19.1 Å². The number of fused-ring (bicyclic) bond motifs is 1. The molecule has 0 bridgehead atoms. The first-order valence-electron chi connectivity index (χ1n) is 17.8. The van der Waals surface area contributed by atoms with E-state index in [1.165, 1.54) is 21.7 Å². The van der Waals surface area contributed by atoms with Crippen molar-refractivity contribution in [3.8, 4) is 0 Å². The number of rotatable bonds is 16. The van der Waals surface area contributed by atoms with Gasteiger partial charge < -0.3 is 21.5 Å². The Hall–Kier alpha value is -3.88. The Kier molecular flexibility index (Phi) is 12.1. The molecule has 0 aliphatic heterocycles. The van der Waals surface area contributed by atoms with Crippen molar-refractivity contribution in [3.05, 3.63) is 90.0 Å². The minimum atomic E-state index is -4.07. The van der Waals surface area contributed by atoms with Crippen LogP contribution in [0.1, 0.15) is 65.5 Å². The highest BCUT2D eigenvalue weighted by molar-refractivity contribution is 7.89. The molecule has 4 aromatic rings. The number of aromatic nitrogens is 1. The zero-order valence-electron chi connectivity index (χ0n) is 30.8. The molecule has 3 aromatic carbocycles. The smallest absolute Gasteiger partial charge is 0.243 e. The van der Waals surface area contributed by atoms with E-state index in [0.29, 0.717) is 15.3 Å². The predicted octanol–water partition coefficient (Wildman–Crippen LogP) is 4.81. The number of nitrogens with two attached hydrogens (primary N) is 1. The van der Waals surface area contributed by atoms with Crippen molar-refractivity contribution < 1.29 is 23.1 Å². The van der Waals surface area contributed by atoms with Gasteiger partial charge in [-0.25, -0.2) is 13.4 Å². The number of carbonyl (C=O) groups is 2. The second-order valence-corrected chi connectivity index (χ2v) is 18.4. The maximum Gasteiger partial charge on any atom is 0.243 e. The first-order chi connectivity index (χ1) is 24.5. The predicted molar refractivity (Wildman–Crippen MR) is 207 cm³/mol. The van der Waals surface area contributed by atoms with Crippen molar-refractivity contribution in [2.45, 2.75) is 95.5 Å². The number of benzene rings is 3. The van der Waals surface area contributed by atoms with Gasteiger partial charge in [0.2, 0.25) is 21.8 Å². The Bertz CT molecular complexity index is 1940. The van der Waals surface area contributed by atoms with E-state index >= 15 is 0 Å². The summed E-state index contributed by atoms with van der Waals surface area (Å²) in [6, 6.07) is 21.7. The lowest BCUT2D eigenvalue weighted by atomic mass is 9.85. The lowest BCUT2D eigenvalue weighted by Crippen LogP contribution is -2.60. The number of anilines is 1. The van der Waals surface area contributed by atoms with Gasteiger partial charge in [-0.05, 0) is 66.8 Å². The fourth-order valence-electron chi connectivity index (χ4n) is 6.48. The quantitative estimate of drug-likeness (QED) is 0.109. The lowest BCUT2D eigenvalue weighted by Gasteiger charge is -2.35. The molecule has 1 aromatic heterocycles. The standard InChI is InChI=1S/C39H52N6O5S2/c1-25(2)23-45(52(49,50)29-17-18-30-33(22-29)51-37(40)42-30)24-32(46)31(21-27-13-9-7-10-14-27)41-36(48)34(38(4,5)6)43-35(47)26(3)44-39(19-20-39)28-15-11-8-12-16-28/h7-18,22,25-26,31-32,34,44,46H,19-21,23-24H2,1-6H3,(H2,40,42)(H,41,48)(H,43,47)/t26-,31+,32-,34-/m1/s1. The Morgan fingerprint density at radius 2 is 1.58 bits per heavy atom. The van der Waals surface area contributed by atoms with Crippen LogP contribution in [0.4, 0.5) is 5.13 Å². The van der Waals surface area contributed by atoms with Crippen LogP contribution < -0.4 is 21.7 Å². The van der Waals surface area contributed by atoms with Crippen LogP contribution in [0.15, 0.2) is 83.8 Å². The van der Waals surface area contributed by atoms with E-state index in [2.05, 4.69) is 33.1 Å². The van der Waals surface area contributed by atoms with E-state index < -0.39 is 45.6 Å². The molecule has 0 radical (unpaired) electrons. The van der Waals surface area contributed by atoms with Gasteiger partial charge in [0.1, 0.15) is 6.04 Å². The Labute approximate surface area is 311 Å². The van der Waals surface area contributed by atoms with E-state index in [4.69, 9.17) is 5.73 Å². The summed E-state index contributed by atoms with van der Waals surface area (Å²) in [6.07, 6.45) is 0.764. The topological polar surface area (TPSA) is 167 Å². The van der Waals surface area contributed by atoms with Gasteiger partial charge in [0, 0.05) is 18.6 Å². The molecule has 0 spiro atoms. The molecule has 6 N–H and O–H groups in total. The van der Waals surface area contributed by atoms with Crippen LogP contribution in [-0.4, -0.2) is 71.9 Å². The largest absolute Gasteiger partial charge is 0.390 e. The van der Waals surface area contributed by atoms with Gasteiger partial charge in [0.25, 0.3) is 0 Å². The summed E-state index contributed by atoms with van der Waals surface area (Å²) in [5, 5.41) is 21.7. The first-order valence-corrected chi connectivity index (χ1v) is 20.1. The number of thiazole rings is 1. The number of hydrogen-bond donors (Lipinski definition) is 5. The molecular formula is C39H52N6O5S2. The van der Waals surface area contributed by atoms with Gasteiger partial charge in [-0.15, -0.1) is 0 Å². The highest BCUT2D eigenvalue weighted by atomic mass is 32.2. The third kappa shape index (κ3) is 9.56. The summed E-state index contributed by atoms with van der Waals surface area (Å²) in [7, 11) is -4.07. The zero-order valence-corrected chi connectivity index (χ0v) is 32.4. The van der Waals surface area contributed by atoms with E-state index in [0.717, 1.165) is 24.0 Å². The van der Waals surface area contributed by atoms with E-state index in [-0.39, 0.29) is 41.8 Å². The summed E-state index contributed by atoms with van der Waals surface area (Å²) in [6.45, 7) is 11.1. The van der Waals surface area contributed by atoms with Crippen LogP contribution in [-0.2, 0) is 31.6 Å². The minimum absolute atomic E-state index is 0.0559. The average Bonchev–Trinajstić information content (AvgIpc) is 3.77. The van der Waals surface area contributed by atoms with Crippen LogP contribution in [0.5, 0.6) is 0 Å². The fourth-order valence-corrected chi connectivity index (χ4v) is 8.98. The Morgan fingerprint density at radius 1 is 0.942 bits per heavy atom. The normalized spacial score (nSPS) is 16.7. The van der Waals surface area contributed by atoms with Crippen molar-refractivity contribution in [2.75, 3.05) is 18.8 Å². The van der Waals surface area contributed by atoms with Crippen LogP contribution in [0, 0.1) is 11.3 Å². The third-order valence-corrected chi connectivity index (χ3v) is 12.1. The summed E-state index contributed by atoms with van der Waals surface area (Å²) in [4.78, 5) is 32.1. The maximum atomic E-state index is 14.2. The second-order valence-electron chi connectivity index (χ2n) is 15.4. The van der Waals surface area contributed by atoms with Crippen LogP contribution in [0.2, 0.25) is 0 Å². The van der Waals surface area contributed by atoms with Gasteiger partial charge in [0.15, 0.2) is 5.13 Å². The zero-order chi connectivity index (χ0) is 37.8. The highest BCUT2D eigenvalue weighted by Crippen LogP contribution is 2.45. The minimum Gasteiger partial charge on any atom is -0.390 e. The molecule has 2 amide bonds. The summed E-state index contributed by atoms with van der Waals surface area (Å²) in [5.74, 6) is -0.838. The van der Waals surface area contributed by atoms with Crippen molar-refractivity contribution in [3.63, 3.8) is 0 Å². The Balaban J connectivity index is 1.36. The SMILES string of the molecule is CC(C)CN(C[C@@H](O)[C@H](Cc1ccccc1)NC(=O)[C@@H](NC(=O)[C@@H](C)NC1(c2ccccc2)CC1)C(C)(C)C)S(=O)(=O)c1ccc2nc(N)sc2c1. The van der Waals surface area contributed by atoms with Crippen molar-refractivity contribution in [1.29, 1.82) is 0 Å². The number of amides is 2. The Morgan fingerprint density at radius 3 is 2.17 bits per heavy atom. The maximum absolute atomic E-state index is 14.2. The molecule has 52 heavy (non-hydrogen) atoms. The van der Waals surface area contributed by atoms with Gasteiger partial charge in [0.05, 0.1) is 33.3 Å². The third-order valence-electron chi connectivity index (χ3n) is 9.44. The molecule has 13 heteroatoms. The van der Waals surface area contributed by atoms with Crippen LogP contribution in [0.3, 0.4) is 0 Å². The van der Waals surface area contributed by atoms with Crippen LogP contribution in [0.25, 0.3) is 10.2 Å². The molecule has 5 rings (SSSR count). The van der Waals surface area contributed by atoms with Gasteiger partial charge in [-0.2, -0.15) is 4.31 Å². The van der Waals surface area contributed by atoms with E-state index in [9.17, 15) is 23.1 Å². The van der Waals surface area contributed by atoms with Gasteiger partial charge in [-0.3, -0.25) is 14.9 Å². The number of aliphatic hydroxyl groups excluding tert-OH is 1. The molecule has 1 aliphatic rings. The van der Waals surface area contributed by atoms with Crippen molar-refractivity contribution >= 4 is 48.5 Å². The first kappa shape index (κ1) is 39.3. The van der Waals surface area contributed by atoms with Gasteiger partial charge in [-0.1, -0.05) is 107 Å². The molecule has 11 nitrogen and oxygen atoms in total. The second kappa shape index (κ2) is 16.0. The molecule has 0 unspecified atom stereocenters. The number of hydrogen-bond acceptors (Lipinski definition) is 9. The molecule has 4 atom stereocenters.